The Kier molecular flexibility index (Phi) is 4.37. The van der Waals surface area contributed by atoms with Crippen molar-refractivity contribution in [3.05, 3.63) is 23.8 Å². The number of rotatable bonds is 4. The van der Waals surface area contributed by atoms with Crippen LogP contribution in [-0.4, -0.2) is 17.2 Å². The van der Waals surface area contributed by atoms with Gasteiger partial charge in [0.15, 0.2) is 0 Å². The topological polar surface area (TPSA) is 72.5 Å². The largest absolute Gasteiger partial charge is 0.506 e. The molecule has 0 amide bonds. The van der Waals surface area contributed by atoms with Crippen LogP contribution >= 0.6 is 0 Å². The fourth-order valence-corrected chi connectivity index (χ4v) is 1.63. The lowest BCUT2D eigenvalue weighted by molar-refractivity contribution is 0.0299. The third-order valence-electron chi connectivity index (χ3n) is 2.38. The molecule has 0 heterocycles. The number of hydrogen-bond donors (Lipinski definition) is 2. The highest BCUT2D eigenvalue weighted by Gasteiger charge is 2.14. The van der Waals surface area contributed by atoms with Gasteiger partial charge in [0.1, 0.15) is 5.75 Å². The third kappa shape index (κ3) is 3.98. The molecule has 0 fully saturated rings. The monoisotopic (exact) mass is 237 g/mol. The summed E-state index contributed by atoms with van der Waals surface area (Å²) in [6.45, 7) is 5.99. The average Bonchev–Trinajstić information content (AvgIpc) is 2.20. The van der Waals surface area contributed by atoms with Gasteiger partial charge in [-0.3, -0.25) is 0 Å². The van der Waals surface area contributed by atoms with Gasteiger partial charge in [-0.1, -0.05) is 13.8 Å². The van der Waals surface area contributed by atoms with Gasteiger partial charge in [-0.15, -0.1) is 0 Å². The highest BCUT2D eigenvalue weighted by Crippen LogP contribution is 2.21. The summed E-state index contributed by atoms with van der Waals surface area (Å²) in [6.07, 6.45) is 0.675. The van der Waals surface area contributed by atoms with Crippen molar-refractivity contribution in [3.63, 3.8) is 0 Å². The fraction of sp³-hybridized carbons (Fsp3) is 0.462. The lowest BCUT2D eigenvalue weighted by Gasteiger charge is -2.15. The lowest BCUT2D eigenvalue weighted by Crippen LogP contribution is -2.17. The molecule has 0 aliphatic carbocycles. The van der Waals surface area contributed by atoms with Crippen LogP contribution in [0, 0.1) is 5.92 Å². The zero-order valence-corrected chi connectivity index (χ0v) is 10.4. The second kappa shape index (κ2) is 5.57. The van der Waals surface area contributed by atoms with Crippen molar-refractivity contribution in [1.82, 2.24) is 0 Å². The van der Waals surface area contributed by atoms with Gasteiger partial charge in [0.05, 0.1) is 17.4 Å². The molecular formula is C13H19NO3. The Bertz CT molecular complexity index is 402. The van der Waals surface area contributed by atoms with E-state index in [0.29, 0.717) is 11.5 Å². The number of ether oxygens (including phenoxy) is 1. The van der Waals surface area contributed by atoms with Crippen molar-refractivity contribution in [2.75, 3.05) is 5.73 Å². The van der Waals surface area contributed by atoms with Gasteiger partial charge in [0.25, 0.3) is 0 Å². The number of esters is 1. The average molecular weight is 237 g/mol. The van der Waals surface area contributed by atoms with Crippen LogP contribution in [0.25, 0.3) is 0 Å². The maximum absolute atomic E-state index is 11.7. The minimum absolute atomic E-state index is 0.101. The summed E-state index contributed by atoms with van der Waals surface area (Å²) in [5.41, 5.74) is 6.01. The number of phenolic OH excluding ortho intramolecular Hbond substituents is 1. The summed E-state index contributed by atoms with van der Waals surface area (Å²) in [5.74, 6) is -0.0676. The van der Waals surface area contributed by atoms with Crippen LogP contribution in [0.5, 0.6) is 5.75 Å². The number of hydrogen-bond acceptors (Lipinski definition) is 4. The van der Waals surface area contributed by atoms with E-state index in [1.165, 1.54) is 12.1 Å². The van der Waals surface area contributed by atoms with Gasteiger partial charge >= 0.3 is 5.97 Å². The molecular weight excluding hydrogens is 218 g/mol. The molecule has 0 saturated carbocycles. The van der Waals surface area contributed by atoms with Crippen molar-refractivity contribution in [2.24, 2.45) is 5.92 Å². The van der Waals surface area contributed by atoms with E-state index in [0.717, 1.165) is 6.42 Å². The van der Waals surface area contributed by atoms with E-state index in [9.17, 15) is 9.90 Å². The Labute approximate surface area is 101 Å². The number of benzene rings is 1. The first kappa shape index (κ1) is 13.4. The van der Waals surface area contributed by atoms with E-state index in [1.54, 1.807) is 6.07 Å². The predicted octanol–water partition coefficient (Wildman–Crippen LogP) is 2.57. The molecule has 4 heteroatoms. The quantitative estimate of drug-likeness (QED) is 0.479. The van der Waals surface area contributed by atoms with Crippen LogP contribution in [-0.2, 0) is 4.74 Å². The van der Waals surface area contributed by atoms with Crippen LogP contribution in [0.1, 0.15) is 37.6 Å². The molecule has 1 atom stereocenters. The first-order chi connectivity index (χ1) is 7.90. The van der Waals surface area contributed by atoms with Crippen molar-refractivity contribution in [2.45, 2.75) is 33.3 Å². The normalized spacial score (nSPS) is 12.5. The Morgan fingerprint density at radius 1 is 1.41 bits per heavy atom. The zero-order valence-electron chi connectivity index (χ0n) is 10.4. The van der Waals surface area contributed by atoms with Crippen LogP contribution in [0.15, 0.2) is 18.2 Å². The lowest BCUT2D eigenvalue weighted by atomic mass is 10.1. The Balaban J connectivity index is 2.66. The summed E-state index contributed by atoms with van der Waals surface area (Å²) in [7, 11) is 0. The molecule has 0 bridgehead atoms. The minimum Gasteiger partial charge on any atom is -0.506 e. The van der Waals surface area contributed by atoms with Gasteiger partial charge < -0.3 is 15.6 Å². The summed E-state index contributed by atoms with van der Waals surface area (Å²) in [5, 5.41) is 9.40. The zero-order chi connectivity index (χ0) is 13.0. The van der Waals surface area contributed by atoms with E-state index >= 15 is 0 Å². The van der Waals surface area contributed by atoms with E-state index in [1.807, 2.05) is 6.92 Å². The van der Waals surface area contributed by atoms with E-state index in [-0.39, 0.29) is 17.5 Å². The standard InChI is InChI=1S/C13H19NO3/c1-8(2)6-9(3)17-13(16)10-4-5-11(14)12(15)7-10/h4-5,7-9,15H,6,14H2,1-3H3. The third-order valence-corrected chi connectivity index (χ3v) is 2.38. The summed E-state index contributed by atoms with van der Waals surface area (Å²) in [4.78, 5) is 11.7. The van der Waals surface area contributed by atoms with Crippen molar-refractivity contribution >= 4 is 11.7 Å². The van der Waals surface area contributed by atoms with Crippen molar-refractivity contribution in [3.8, 4) is 5.75 Å². The second-order valence-corrected chi connectivity index (χ2v) is 4.62. The van der Waals surface area contributed by atoms with Crippen LogP contribution < -0.4 is 5.73 Å². The molecule has 1 unspecified atom stereocenters. The van der Waals surface area contributed by atoms with Gasteiger partial charge in [-0.25, -0.2) is 4.79 Å². The number of nitrogen functional groups attached to an aromatic ring is 1. The maximum atomic E-state index is 11.7. The maximum Gasteiger partial charge on any atom is 0.338 e. The number of aromatic hydroxyl groups is 1. The molecule has 0 aromatic heterocycles. The molecule has 1 aromatic carbocycles. The molecule has 0 saturated heterocycles. The molecule has 0 radical (unpaired) electrons. The van der Waals surface area contributed by atoms with Gasteiger partial charge in [-0.05, 0) is 37.5 Å². The smallest absolute Gasteiger partial charge is 0.338 e. The molecule has 1 aromatic rings. The molecule has 94 valence electrons. The first-order valence-electron chi connectivity index (χ1n) is 5.69. The molecule has 0 spiro atoms. The van der Waals surface area contributed by atoms with Crippen LogP contribution in [0.4, 0.5) is 5.69 Å². The SMILES string of the molecule is CC(C)CC(C)OC(=O)c1ccc(N)c(O)c1. The van der Waals surface area contributed by atoms with Gasteiger partial charge in [0.2, 0.25) is 0 Å². The molecule has 0 aliphatic rings. The number of phenols is 1. The van der Waals surface area contributed by atoms with Crippen molar-refractivity contribution in [1.29, 1.82) is 0 Å². The van der Waals surface area contributed by atoms with Gasteiger partial charge in [-0.2, -0.15) is 0 Å². The number of carbonyl (C=O) groups excluding carboxylic acids is 1. The van der Waals surface area contributed by atoms with E-state index in [4.69, 9.17) is 10.5 Å². The molecule has 1 rings (SSSR count). The van der Waals surface area contributed by atoms with Crippen LogP contribution in [0.3, 0.4) is 0 Å². The molecule has 4 nitrogen and oxygen atoms in total. The fourth-order valence-electron chi connectivity index (χ4n) is 1.63. The summed E-state index contributed by atoms with van der Waals surface area (Å²) < 4.78 is 5.25. The minimum atomic E-state index is -0.437. The Morgan fingerprint density at radius 3 is 2.59 bits per heavy atom. The highest BCUT2D eigenvalue weighted by molar-refractivity contribution is 5.90. The summed E-state index contributed by atoms with van der Waals surface area (Å²) >= 11 is 0. The Hall–Kier alpha value is -1.71. The second-order valence-electron chi connectivity index (χ2n) is 4.62. The van der Waals surface area contributed by atoms with Crippen molar-refractivity contribution < 1.29 is 14.6 Å². The number of nitrogens with two attached hydrogens (primary N) is 1. The summed E-state index contributed by atoms with van der Waals surface area (Å²) in [6, 6.07) is 4.35. The Morgan fingerprint density at radius 2 is 2.06 bits per heavy atom. The van der Waals surface area contributed by atoms with Gasteiger partial charge in [0, 0.05) is 0 Å². The molecule has 3 N–H and O–H groups in total. The van der Waals surface area contributed by atoms with E-state index in [2.05, 4.69) is 13.8 Å². The molecule has 0 aliphatic heterocycles. The van der Waals surface area contributed by atoms with Crippen LogP contribution in [0.2, 0.25) is 0 Å². The first-order valence-corrected chi connectivity index (χ1v) is 5.69. The van der Waals surface area contributed by atoms with E-state index < -0.39 is 5.97 Å². The predicted molar refractivity (Wildman–Crippen MR) is 66.9 cm³/mol. The molecule has 17 heavy (non-hydrogen) atoms. The number of anilines is 1. The highest BCUT2D eigenvalue weighted by atomic mass is 16.5. The number of carbonyl (C=O) groups is 1.